The third-order valence-electron chi connectivity index (χ3n) is 6.59. The van der Waals surface area contributed by atoms with Gasteiger partial charge in [-0.3, -0.25) is 9.69 Å². The van der Waals surface area contributed by atoms with Crippen molar-refractivity contribution in [2.24, 2.45) is 23.5 Å². The Bertz CT molecular complexity index is 673. The van der Waals surface area contributed by atoms with E-state index >= 15 is 0 Å². The Morgan fingerprint density at radius 3 is 2.62 bits per heavy atom. The first kappa shape index (κ1) is 17.7. The molecule has 142 valence electrons. The lowest BCUT2D eigenvalue weighted by Crippen LogP contribution is -2.53. The number of fused-ring (bicyclic) bond motifs is 2. The molecule has 4 rings (SSSR count). The third kappa shape index (κ3) is 3.21. The van der Waals surface area contributed by atoms with Crippen molar-refractivity contribution in [1.82, 2.24) is 9.80 Å². The summed E-state index contributed by atoms with van der Waals surface area (Å²) in [4.78, 5) is 17.2. The lowest BCUT2D eigenvalue weighted by molar-refractivity contribution is -0.139. The van der Waals surface area contributed by atoms with Crippen molar-refractivity contribution >= 4 is 5.91 Å². The molecule has 1 heterocycles. The summed E-state index contributed by atoms with van der Waals surface area (Å²) in [7, 11) is 1.60. The van der Waals surface area contributed by atoms with Crippen LogP contribution in [0.5, 0.6) is 5.75 Å². The standard InChI is InChI=1S/C20H28FN3O2/c1-26-17-5-4-16(21)11-15(17)12-23-6-8-24(9-7-23)20(25)18-13-2-3-14(10-13)19(18)22/h4-5,11,13-14,18-19H,2-3,6-10,12,22H2,1H3. The van der Waals surface area contributed by atoms with E-state index in [0.29, 0.717) is 24.1 Å². The monoisotopic (exact) mass is 361 g/mol. The molecule has 3 fully saturated rings. The van der Waals surface area contributed by atoms with Gasteiger partial charge in [-0.25, -0.2) is 4.39 Å². The quantitative estimate of drug-likeness (QED) is 0.889. The summed E-state index contributed by atoms with van der Waals surface area (Å²) in [5.74, 6) is 1.79. The van der Waals surface area contributed by atoms with Gasteiger partial charge in [0, 0.05) is 44.3 Å². The average molecular weight is 361 g/mol. The van der Waals surface area contributed by atoms with Crippen LogP contribution in [0.2, 0.25) is 0 Å². The van der Waals surface area contributed by atoms with Gasteiger partial charge in [0.25, 0.3) is 0 Å². The topological polar surface area (TPSA) is 58.8 Å². The number of rotatable bonds is 4. The molecule has 2 N–H and O–H groups in total. The second kappa shape index (κ2) is 7.16. The van der Waals surface area contributed by atoms with E-state index in [2.05, 4.69) is 4.90 Å². The number of carbonyl (C=O) groups excluding carboxylic acids is 1. The van der Waals surface area contributed by atoms with Crippen LogP contribution in [0.25, 0.3) is 0 Å². The maximum absolute atomic E-state index is 13.5. The molecule has 1 amide bonds. The van der Waals surface area contributed by atoms with Crippen molar-refractivity contribution in [3.63, 3.8) is 0 Å². The minimum Gasteiger partial charge on any atom is -0.496 e. The van der Waals surface area contributed by atoms with E-state index in [9.17, 15) is 9.18 Å². The Hall–Kier alpha value is -1.66. The third-order valence-corrected chi connectivity index (χ3v) is 6.59. The van der Waals surface area contributed by atoms with Crippen LogP contribution >= 0.6 is 0 Å². The molecule has 6 heteroatoms. The lowest BCUT2D eigenvalue weighted by atomic mass is 9.84. The highest BCUT2D eigenvalue weighted by atomic mass is 19.1. The Morgan fingerprint density at radius 2 is 1.96 bits per heavy atom. The van der Waals surface area contributed by atoms with Gasteiger partial charge in [-0.05, 0) is 49.3 Å². The van der Waals surface area contributed by atoms with E-state index in [1.165, 1.54) is 18.6 Å². The average Bonchev–Trinajstić information content (AvgIpc) is 3.23. The number of nitrogens with two attached hydrogens (primary N) is 1. The van der Waals surface area contributed by atoms with Gasteiger partial charge in [0.15, 0.2) is 0 Å². The second-order valence-corrected chi connectivity index (χ2v) is 7.99. The van der Waals surface area contributed by atoms with Gasteiger partial charge in [0.1, 0.15) is 11.6 Å². The van der Waals surface area contributed by atoms with E-state index in [-0.39, 0.29) is 23.7 Å². The number of piperazine rings is 1. The van der Waals surface area contributed by atoms with Crippen LogP contribution in [0.4, 0.5) is 4.39 Å². The fourth-order valence-electron chi connectivity index (χ4n) is 5.15. The van der Waals surface area contributed by atoms with E-state index in [1.54, 1.807) is 13.2 Å². The molecule has 1 aromatic carbocycles. The summed E-state index contributed by atoms with van der Waals surface area (Å²) in [5, 5.41) is 0. The number of hydrogen-bond acceptors (Lipinski definition) is 4. The smallest absolute Gasteiger partial charge is 0.227 e. The number of benzene rings is 1. The number of methoxy groups -OCH3 is 1. The molecule has 3 aliphatic rings. The first-order chi connectivity index (χ1) is 12.6. The number of halogens is 1. The number of ether oxygens (including phenoxy) is 1. The summed E-state index contributed by atoms with van der Waals surface area (Å²) in [6, 6.07) is 4.67. The van der Waals surface area contributed by atoms with E-state index < -0.39 is 0 Å². The highest BCUT2D eigenvalue weighted by Gasteiger charge is 2.50. The van der Waals surface area contributed by atoms with Gasteiger partial charge in [-0.1, -0.05) is 0 Å². The highest BCUT2D eigenvalue weighted by Crippen LogP contribution is 2.48. The van der Waals surface area contributed by atoms with Crippen LogP contribution in [0, 0.1) is 23.6 Å². The molecule has 4 atom stereocenters. The number of carbonyl (C=O) groups is 1. The minimum absolute atomic E-state index is 0.0311. The predicted molar refractivity (Wildman–Crippen MR) is 97.1 cm³/mol. The molecule has 2 saturated carbocycles. The molecule has 4 unspecified atom stereocenters. The van der Waals surface area contributed by atoms with Crippen LogP contribution in [-0.2, 0) is 11.3 Å². The van der Waals surface area contributed by atoms with Crippen molar-refractivity contribution in [2.75, 3.05) is 33.3 Å². The Labute approximate surface area is 154 Å². The predicted octanol–water partition coefficient (Wildman–Crippen LogP) is 1.85. The molecule has 0 spiro atoms. The van der Waals surface area contributed by atoms with Gasteiger partial charge in [-0.15, -0.1) is 0 Å². The van der Waals surface area contributed by atoms with Crippen molar-refractivity contribution < 1.29 is 13.9 Å². The van der Waals surface area contributed by atoms with Crippen molar-refractivity contribution in [3.8, 4) is 5.75 Å². The summed E-state index contributed by atoms with van der Waals surface area (Å²) in [6.07, 6.45) is 3.49. The zero-order valence-corrected chi connectivity index (χ0v) is 15.4. The van der Waals surface area contributed by atoms with E-state index in [1.807, 2.05) is 4.90 Å². The van der Waals surface area contributed by atoms with Gasteiger partial charge < -0.3 is 15.4 Å². The van der Waals surface area contributed by atoms with Crippen LogP contribution in [0.15, 0.2) is 18.2 Å². The zero-order chi connectivity index (χ0) is 18.3. The van der Waals surface area contributed by atoms with Gasteiger partial charge >= 0.3 is 0 Å². The highest BCUT2D eigenvalue weighted by molar-refractivity contribution is 5.80. The summed E-state index contributed by atoms with van der Waals surface area (Å²) in [6.45, 7) is 3.66. The van der Waals surface area contributed by atoms with E-state index in [0.717, 1.165) is 44.6 Å². The fraction of sp³-hybridized carbons (Fsp3) is 0.650. The minimum atomic E-state index is -0.250. The Balaban J connectivity index is 1.34. The lowest BCUT2D eigenvalue weighted by Gasteiger charge is -2.38. The second-order valence-electron chi connectivity index (χ2n) is 7.99. The summed E-state index contributed by atoms with van der Waals surface area (Å²) >= 11 is 0. The van der Waals surface area contributed by atoms with Crippen molar-refractivity contribution in [1.29, 1.82) is 0 Å². The maximum Gasteiger partial charge on any atom is 0.227 e. The molecule has 0 aromatic heterocycles. The molecule has 2 bridgehead atoms. The zero-order valence-electron chi connectivity index (χ0n) is 15.4. The van der Waals surface area contributed by atoms with Crippen molar-refractivity contribution in [3.05, 3.63) is 29.6 Å². The molecule has 26 heavy (non-hydrogen) atoms. The molecule has 1 aromatic rings. The van der Waals surface area contributed by atoms with Gasteiger partial charge in [0.05, 0.1) is 13.0 Å². The summed E-state index contributed by atoms with van der Waals surface area (Å²) < 4.78 is 18.9. The molecular formula is C20H28FN3O2. The summed E-state index contributed by atoms with van der Waals surface area (Å²) in [5.41, 5.74) is 7.19. The first-order valence-corrected chi connectivity index (χ1v) is 9.66. The number of hydrogen-bond donors (Lipinski definition) is 1. The Morgan fingerprint density at radius 1 is 1.23 bits per heavy atom. The van der Waals surface area contributed by atoms with Gasteiger partial charge in [0.2, 0.25) is 5.91 Å². The first-order valence-electron chi connectivity index (χ1n) is 9.66. The fourth-order valence-corrected chi connectivity index (χ4v) is 5.15. The molecule has 1 saturated heterocycles. The van der Waals surface area contributed by atoms with E-state index in [4.69, 9.17) is 10.5 Å². The van der Waals surface area contributed by atoms with Crippen LogP contribution in [-0.4, -0.2) is 55.0 Å². The number of amides is 1. The number of nitrogens with zero attached hydrogens (tertiary/aromatic N) is 2. The molecule has 1 aliphatic heterocycles. The van der Waals surface area contributed by atoms with Crippen molar-refractivity contribution in [2.45, 2.75) is 31.8 Å². The SMILES string of the molecule is COc1ccc(F)cc1CN1CCN(C(=O)C2C3CCC(C3)C2N)CC1. The van der Waals surface area contributed by atoms with Gasteiger partial charge in [-0.2, -0.15) is 0 Å². The normalized spacial score (nSPS) is 31.4. The maximum atomic E-state index is 13.5. The molecule has 5 nitrogen and oxygen atoms in total. The van der Waals surface area contributed by atoms with Crippen LogP contribution in [0.1, 0.15) is 24.8 Å². The Kier molecular flexibility index (Phi) is 4.88. The molecule has 0 radical (unpaired) electrons. The largest absolute Gasteiger partial charge is 0.496 e. The van der Waals surface area contributed by atoms with Crippen LogP contribution in [0.3, 0.4) is 0 Å². The molecule has 2 aliphatic carbocycles. The molecular weight excluding hydrogens is 333 g/mol. The van der Waals surface area contributed by atoms with Crippen LogP contribution < -0.4 is 10.5 Å².